The van der Waals surface area contributed by atoms with Crippen LogP contribution in [0.15, 0.2) is 24.3 Å². The van der Waals surface area contributed by atoms with Gasteiger partial charge >= 0.3 is 0 Å². The highest BCUT2D eigenvalue weighted by atomic mass is 19.1. The first kappa shape index (κ1) is 16.9. The van der Waals surface area contributed by atoms with Crippen LogP contribution in [0, 0.1) is 11.7 Å². The van der Waals surface area contributed by atoms with Crippen LogP contribution in [0.25, 0.3) is 0 Å². The van der Waals surface area contributed by atoms with Crippen molar-refractivity contribution in [2.75, 3.05) is 7.05 Å². The van der Waals surface area contributed by atoms with Crippen LogP contribution >= 0.6 is 0 Å². The van der Waals surface area contributed by atoms with Gasteiger partial charge in [0.25, 0.3) is 0 Å². The maximum absolute atomic E-state index is 12.9. The van der Waals surface area contributed by atoms with Crippen LogP contribution < -0.4 is 5.32 Å². The van der Waals surface area contributed by atoms with Crippen molar-refractivity contribution in [1.29, 1.82) is 0 Å². The molecule has 3 unspecified atom stereocenters. The maximum Gasteiger partial charge on any atom is 0.237 e. The zero-order valence-electron chi connectivity index (χ0n) is 13.8. The summed E-state index contributed by atoms with van der Waals surface area (Å²) in [6.07, 6.45) is 4.76. The monoisotopic (exact) mass is 306 g/mol. The van der Waals surface area contributed by atoms with E-state index in [0.29, 0.717) is 18.5 Å². The summed E-state index contributed by atoms with van der Waals surface area (Å²) in [4.78, 5) is 14.4. The Morgan fingerprint density at radius 3 is 2.59 bits per heavy atom. The van der Waals surface area contributed by atoms with Crippen LogP contribution in [0.2, 0.25) is 0 Å². The van der Waals surface area contributed by atoms with Gasteiger partial charge in [0.1, 0.15) is 5.82 Å². The SMILES string of the molecule is CC1CCCCC1NC(=O)C(C)N(C)Cc1ccc(F)cc1. The van der Waals surface area contributed by atoms with Crippen LogP contribution in [0.5, 0.6) is 0 Å². The molecule has 0 aliphatic heterocycles. The van der Waals surface area contributed by atoms with Gasteiger partial charge in [-0.05, 0) is 50.4 Å². The Kier molecular flexibility index (Phi) is 5.95. The van der Waals surface area contributed by atoms with E-state index in [1.165, 1.54) is 31.4 Å². The summed E-state index contributed by atoms with van der Waals surface area (Å²) in [6, 6.07) is 6.55. The second-order valence-electron chi connectivity index (χ2n) is 6.59. The van der Waals surface area contributed by atoms with Gasteiger partial charge in [-0.1, -0.05) is 31.9 Å². The number of amides is 1. The van der Waals surface area contributed by atoms with E-state index in [9.17, 15) is 9.18 Å². The number of hydrogen-bond acceptors (Lipinski definition) is 2. The summed E-state index contributed by atoms with van der Waals surface area (Å²) in [7, 11) is 1.93. The van der Waals surface area contributed by atoms with Crippen molar-refractivity contribution in [3.05, 3.63) is 35.6 Å². The number of likely N-dealkylation sites (N-methyl/N-ethyl adjacent to an activating group) is 1. The number of nitrogens with zero attached hydrogens (tertiary/aromatic N) is 1. The first-order valence-corrected chi connectivity index (χ1v) is 8.22. The van der Waals surface area contributed by atoms with E-state index in [4.69, 9.17) is 0 Å². The third-order valence-corrected chi connectivity index (χ3v) is 4.82. The Bertz CT molecular complexity index is 488. The van der Waals surface area contributed by atoms with E-state index in [1.54, 1.807) is 12.1 Å². The average molecular weight is 306 g/mol. The molecule has 1 aliphatic carbocycles. The first-order chi connectivity index (χ1) is 10.5. The molecule has 3 atom stereocenters. The zero-order valence-corrected chi connectivity index (χ0v) is 13.8. The molecule has 1 fully saturated rings. The third-order valence-electron chi connectivity index (χ3n) is 4.82. The molecule has 0 spiro atoms. The molecule has 122 valence electrons. The standard InChI is InChI=1S/C18H27FN2O/c1-13-6-4-5-7-17(13)20-18(22)14(2)21(3)12-15-8-10-16(19)11-9-15/h8-11,13-14,17H,4-7,12H2,1-3H3,(H,20,22). The van der Waals surface area contributed by atoms with Gasteiger partial charge < -0.3 is 5.32 Å². The lowest BCUT2D eigenvalue weighted by molar-refractivity contribution is -0.126. The van der Waals surface area contributed by atoms with Crippen molar-refractivity contribution in [3.63, 3.8) is 0 Å². The molecule has 0 heterocycles. The van der Waals surface area contributed by atoms with Crippen molar-refractivity contribution in [2.45, 2.75) is 58.2 Å². The first-order valence-electron chi connectivity index (χ1n) is 8.22. The highest BCUT2D eigenvalue weighted by Crippen LogP contribution is 2.23. The molecule has 1 amide bonds. The normalized spacial score (nSPS) is 23.3. The fourth-order valence-corrected chi connectivity index (χ4v) is 3.05. The van der Waals surface area contributed by atoms with Crippen LogP contribution in [0.3, 0.4) is 0 Å². The number of carbonyl (C=O) groups is 1. The molecule has 4 heteroatoms. The van der Waals surface area contributed by atoms with Crippen molar-refractivity contribution >= 4 is 5.91 Å². The van der Waals surface area contributed by atoms with Crippen LogP contribution in [0.1, 0.15) is 45.1 Å². The minimum absolute atomic E-state index is 0.0864. The molecular formula is C18H27FN2O. The van der Waals surface area contributed by atoms with Gasteiger partial charge in [-0.25, -0.2) is 4.39 Å². The third kappa shape index (κ3) is 4.54. The summed E-state index contributed by atoms with van der Waals surface area (Å²) < 4.78 is 12.9. The van der Waals surface area contributed by atoms with Gasteiger partial charge in [0.05, 0.1) is 6.04 Å². The van der Waals surface area contributed by atoms with E-state index in [-0.39, 0.29) is 17.8 Å². The lowest BCUT2D eigenvalue weighted by Crippen LogP contribution is -2.49. The predicted molar refractivity (Wildman–Crippen MR) is 86.9 cm³/mol. The molecule has 0 saturated heterocycles. The second kappa shape index (κ2) is 7.73. The van der Waals surface area contributed by atoms with Crippen molar-refractivity contribution in [2.24, 2.45) is 5.92 Å². The largest absolute Gasteiger partial charge is 0.352 e. The van der Waals surface area contributed by atoms with E-state index in [2.05, 4.69) is 12.2 Å². The smallest absolute Gasteiger partial charge is 0.237 e. The summed E-state index contributed by atoms with van der Waals surface area (Å²) >= 11 is 0. The number of hydrogen-bond donors (Lipinski definition) is 1. The van der Waals surface area contributed by atoms with Crippen molar-refractivity contribution in [1.82, 2.24) is 10.2 Å². The fraction of sp³-hybridized carbons (Fsp3) is 0.611. The Balaban J connectivity index is 1.87. The van der Waals surface area contributed by atoms with E-state index in [0.717, 1.165) is 12.0 Å². The average Bonchev–Trinajstić information content (AvgIpc) is 2.51. The molecule has 0 aromatic heterocycles. The van der Waals surface area contributed by atoms with Gasteiger partial charge in [-0.15, -0.1) is 0 Å². The van der Waals surface area contributed by atoms with E-state index in [1.807, 2.05) is 18.9 Å². The maximum atomic E-state index is 12.9. The van der Waals surface area contributed by atoms with Crippen LogP contribution in [-0.4, -0.2) is 29.9 Å². The Labute approximate surface area is 132 Å². The van der Waals surface area contributed by atoms with Gasteiger partial charge in [0, 0.05) is 12.6 Å². The quantitative estimate of drug-likeness (QED) is 0.905. The Hall–Kier alpha value is -1.42. The summed E-state index contributed by atoms with van der Waals surface area (Å²) in [5.74, 6) is 0.416. The van der Waals surface area contributed by atoms with Gasteiger partial charge in [-0.3, -0.25) is 9.69 Å². The lowest BCUT2D eigenvalue weighted by Gasteiger charge is -2.32. The van der Waals surface area contributed by atoms with Crippen molar-refractivity contribution in [3.8, 4) is 0 Å². The molecule has 2 rings (SSSR count). The lowest BCUT2D eigenvalue weighted by atomic mass is 9.86. The number of halogens is 1. The van der Waals surface area contributed by atoms with E-state index < -0.39 is 0 Å². The van der Waals surface area contributed by atoms with Crippen LogP contribution in [-0.2, 0) is 11.3 Å². The topological polar surface area (TPSA) is 32.3 Å². The van der Waals surface area contributed by atoms with Gasteiger partial charge in [-0.2, -0.15) is 0 Å². The molecule has 0 radical (unpaired) electrons. The molecule has 22 heavy (non-hydrogen) atoms. The zero-order chi connectivity index (χ0) is 16.1. The highest BCUT2D eigenvalue weighted by molar-refractivity contribution is 5.81. The molecule has 0 bridgehead atoms. The van der Waals surface area contributed by atoms with Gasteiger partial charge in [0.15, 0.2) is 0 Å². The minimum atomic E-state index is -0.233. The summed E-state index contributed by atoms with van der Waals surface area (Å²) in [5.41, 5.74) is 1.01. The molecular weight excluding hydrogens is 279 g/mol. The number of carbonyl (C=O) groups excluding carboxylic acids is 1. The molecule has 1 aromatic rings. The van der Waals surface area contributed by atoms with Gasteiger partial charge in [0.2, 0.25) is 5.91 Å². The number of benzene rings is 1. The minimum Gasteiger partial charge on any atom is -0.352 e. The molecule has 3 nitrogen and oxygen atoms in total. The number of rotatable bonds is 5. The summed E-state index contributed by atoms with van der Waals surface area (Å²) in [6.45, 7) is 4.78. The Morgan fingerprint density at radius 2 is 1.95 bits per heavy atom. The second-order valence-corrected chi connectivity index (χ2v) is 6.59. The fourth-order valence-electron chi connectivity index (χ4n) is 3.05. The van der Waals surface area contributed by atoms with Crippen LogP contribution in [0.4, 0.5) is 4.39 Å². The highest BCUT2D eigenvalue weighted by Gasteiger charge is 2.26. The molecule has 1 saturated carbocycles. The molecule has 1 aliphatic rings. The number of nitrogens with one attached hydrogen (secondary N) is 1. The Morgan fingerprint density at radius 1 is 1.32 bits per heavy atom. The molecule has 1 aromatic carbocycles. The molecule has 1 N–H and O–H groups in total. The predicted octanol–water partition coefficient (Wildman–Crippen LogP) is 3.34. The summed E-state index contributed by atoms with van der Waals surface area (Å²) in [5, 5.41) is 3.20. The van der Waals surface area contributed by atoms with Crippen molar-refractivity contribution < 1.29 is 9.18 Å². The van der Waals surface area contributed by atoms with E-state index >= 15 is 0 Å².